The summed E-state index contributed by atoms with van der Waals surface area (Å²) in [5, 5.41) is 3.91. The van der Waals surface area contributed by atoms with Crippen molar-refractivity contribution in [3.8, 4) is 0 Å². The molecule has 0 unspecified atom stereocenters. The summed E-state index contributed by atoms with van der Waals surface area (Å²) in [6.07, 6.45) is 1.23. The van der Waals surface area contributed by atoms with Gasteiger partial charge in [0.1, 0.15) is 4.90 Å². The predicted molar refractivity (Wildman–Crippen MR) is 50.1 cm³/mol. The minimum Gasteiger partial charge on any atom is -0.271 e. The molecule has 0 aliphatic rings. The van der Waals surface area contributed by atoms with Gasteiger partial charge >= 0.3 is 10.2 Å². The Morgan fingerprint density at radius 2 is 2.14 bits per heavy atom. The van der Waals surface area contributed by atoms with Gasteiger partial charge in [-0.05, 0) is 12.8 Å². The molecule has 1 aromatic heterocycles. The number of nitrogens with zero attached hydrogens (tertiary/aromatic N) is 2. The van der Waals surface area contributed by atoms with Crippen molar-refractivity contribution in [2.24, 2.45) is 5.92 Å². The van der Waals surface area contributed by atoms with Crippen LogP contribution in [0.5, 0.6) is 0 Å². The Bertz CT molecular complexity index is 423. The lowest BCUT2D eigenvalue weighted by molar-refractivity contribution is 0.480. The van der Waals surface area contributed by atoms with E-state index in [9.17, 15) is 12.3 Å². The first-order valence-corrected chi connectivity index (χ1v) is 5.67. The smallest absolute Gasteiger partial charge is 0.271 e. The molecule has 1 heterocycles. The largest absolute Gasteiger partial charge is 0.335 e. The van der Waals surface area contributed by atoms with E-state index in [0.29, 0.717) is 12.5 Å². The van der Waals surface area contributed by atoms with E-state index in [0.717, 1.165) is 0 Å². The highest BCUT2D eigenvalue weighted by molar-refractivity contribution is 7.86. The van der Waals surface area contributed by atoms with Crippen LogP contribution in [0.4, 0.5) is 3.89 Å². The second kappa shape index (κ2) is 3.68. The van der Waals surface area contributed by atoms with Crippen molar-refractivity contribution in [2.75, 3.05) is 0 Å². The maximum Gasteiger partial charge on any atom is 0.335 e. The summed E-state index contributed by atoms with van der Waals surface area (Å²) in [5.41, 5.74) is 0.202. The maximum atomic E-state index is 12.7. The monoisotopic (exact) mass is 220 g/mol. The molecule has 1 aromatic rings. The van der Waals surface area contributed by atoms with Gasteiger partial charge in [-0.25, -0.2) is 0 Å². The lowest BCUT2D eigenvalue weighted by atomic mass is 10.2. The number of halogens is 1. The molecule has 0 N–H and O–H groups in total. The average molecular weight is 220 g/mol. The molecule has 0 aromatic carbocycles. The van der Waals surface area contributed by atoms with Gasteiger partial charge in [-0.15, -0.1) is 3.89 Å². The van der Waals surface area contributed by atoms with E-state index in [-0.39, 0.29) is 10.6 Å². The van der Waals surface area contributed by atoms with Crippen LogP contribution in [0.25, 0.3) is 0 Å². The van der Waals surface area contributed by atoms with Gasteiger partial charge in [0.05, 0.1) is 5.69 Å². The van der Waals surface area contributed by atoms with E-state index in [1.807, 2.05) is 13.8 Å². The SMILES string of the molecule is Cc1nn(CC(C)C)cc1S(=O)(=O)F. The molecule has 0 bridgehead atoms. The molecule has 0 saturated carbocycles. The molecule has 0 fully saturated rings. The van der Waals surface area contributed by atoms with Crippen LogP contribution in [0.1, 0.15) is 19.5 Å². The number of aromatic nitrogens is 2. The van der Waals surface area contributed by atoms with Gasteiger partial charge in [0.2, 0.25) is 0 Å². The third kappa shape index (κ3) is 2.54. The van der Waals surface area contributed by atoms with Crippen molar-refractivity contribution in [3.63, 3.8) is 0 Å². The summed E-state index contributed by atoms with van der Waals surface area (Å²) in [6, 6.07) is 0. The second-order valence-electron chi connectivity index (χ2n) is 3.63. The first-order chi connectivity index (χ1) is 6.30. The van der Waals surface area contributed by atoms with Gasteiger partial charge < -0.3 is 0 Å². The van der Waals surface area contributed by atoms with Gasteiger partial charge in [0, 0.05) is 12.7 Å². The maximum absolute atomic E-state index is 12.7. The fourth-order valence-electron chi connectivity index (χ4n) is 1.21. The first kappa shape index (κ1) is 11.2. The zero-order valence-corrected chi connectivity index (χ0v) is 9.18. The van der Waals surface area contributed by atoms with Crippen LogP contribution < -0.4 is 0 Å². The van der Waals surface area contributed by atoms with Gasteiger partial charge in [0.15, 0.2) is 0 Å². The standard InChI is InChI=1S/C8H13FN2O2S/c1-6(2)4-11-5-8(7(3)10-11)14(9,12)13/h5-6H,4H2,1-3H3. The van der Waals surface area contributed by atoms with E-state index >= 15 is 0 Å². The summed E-state index contributed by atoms with van der Waals surface area (Å²) in [7, 11) is -4.63. The lowest BCUT2D eigenvalue weighted by Crippen LogP contribution is -2.04. The molecule has 6 heteroatoms. The number of rotatable bonds is 3. The van der Waals surface area contributed by atoms with Gasteiger partial charge in [-0.3, -0.25) is 4.68 Å². The third-order valence-electron chi connectivity index (χ3n) is 1.72. The van der Waals surface area contributed by atoms with Gasteiger partial charge in [-0.2, -0.15) is 13.5 Å². The predicted octanol–water partition coefficient (Wildman–Crippen LogP) is 1.51. The topological polar surface area (TPSA) is 52.0 Å². The number of hydrogen-bond acceptors (Lipinski definition) is 3. The minimum atomic E-state index is -4.63. The first-order valence-electron chi connectivity index (χ1n) is 4.29. The van der Waals surface area contributed by atoms with Crippen molar-refractivity contribution in [3.05, 3.63) is 11.9 Å². The zero-order valence-electron chi connectivity index (χ0n) is 8.36. The van der Waals surface area contributed by atoms with Gasteiger partial charge in [0.25, 0.3) is 0 Å². The molecule has 0 aliphatic heterocycles. The highest BCUT2D eigenvalue weighted by Crippen LogP contribution is 2.16. The molecule has 0 atom stereocenters. The van der Waals surface area contributed by atoms with Crippen molar-refractivity contribution in [1.29, 1.82) is 0 Å². The van der Waals surface area contributed by atoms with Crippen molar-refractivity contribution in [2.45, 2.75) is 32.2 Å². The van der Waals surface area contributed by atoms with Crippen LogP contribution in [-0.2, 0) is 16.8 Å². The van der Waals surface area contributed by atoms with Crippen LogP contribution in [0, 0.1) is 12.8 Å². The molecule has 80 valence electrons. The third-order valence-corrected chi connectivity index (χ3v) is 2.64. The van der Waals surface area contributed by atoms with E-state index < -0.39 is 10.2 Å². The van der Waals surface area contributed by atoms with E-state index in [2.05, 4.69) is 5.10 Å². The molecule has 0 amide bonds. The molecule has 0 saturated heterocycles. The van der Waals surface area contributed by atoms with Crippen LogP contribution in [0.15, 0.2) is 11.1 Å². The highest BCUT2D eigenvalue weighted by Gasteiger charge is 2.19. The molecule has 1 rings (SSSR count). The normalized spacial score (nSPS) is 12.4. The quantitative estimate of drug-likeness (QED) is 0.725. The van der Waals surface area contributed by atoms with E-state index in [4.69, 9.17) is 0 Å². The average Bonchev–Trinajstić information content (AvgIpc) is 2.27. The summed E-state index contributed by atoms with van der Waals surface area (Å²) >= 11 is 0. The van der Waals surface area contributed by atoms with Crippen LogP contribution in [0.3, 0.4) is 0 Å². The highest BCUT2D eigenvalue weighted by atomic mass is 32.3. The van der Waals surface area contributed by atoms with Gasteiger partial charge in [-0.1, -0.05) is 13.8 Å². The number of hydrogen-bond donors (Lipinski definition) is 0. The summed E-state index contributed by atoms with van der Waals surface area (Å²) in [6.45, 7) is 6.00. The molecule has 4 nitrogen and oxygen atoms in total. The Morgan fingerprint density at radius 1 is 1.57 bits per heavy atom. The Morgan fingerprint density at radius 3 is 2.50 bits per heavy atom. The molecule has 0 aliphatic carbocycles. The van der Waals surface area contributed by atoms with Crippen LogP contribution in [-0.4, -0.2) is 18.2 Å². The fraction of sp³-hybridized carbons (Fsp3) is 0.625. The minimum absolute atomic E-state index is 0.202. The Labute approximate surface area is 82.9 Å². The van der Waals surface area contributed by atoms with Crippen molar-refractivity contribution in [1.82, 2.24) is 9.78 Å². The van der Waals surface area contributed by atoms with Crippen molar-refractivity contribution < 1.29 is 12.3 Å². The van der Waals surface area contributed by atoms with E-state index in [1.54, 1.807) is 0 Å². The fourth-order valence-corrected chi connectivity index (χ4v) is 1.85. The Balaban J connectivity index is 3.06. The Hall–Kier alpha value is -0.910. The van der Waals surface area contributed by atoms with Crippen LogP contribution >= 0.6 is 0 Å². The molecule has 14 heavy (non-hydrogen) atoms. The summed E-state index contributed by atoms with van der Waals surface area (Å²) < 4.78 is 35.4. The zero-order chi connectivity index (χ0) is 10.9. The summed E-state index contributed by atoms with van der Waals surface area (Å²) in [5.74, 6) is 0.337. The number of aryl methyl sites for hydroxylation is 1. The molecule has 0 radical (unpaired) electrons. The Kier molecular flexibility index (Phi) is 2.94. The molecular formula is C8H13FN2O2S. The molecular weight excluding hydrogens is 207 g/mol. The second-order valence-corrected chi connectivity index (χ2v) is 4.95. The van der Waals surface area contributed by atoms with E-state index in [1.165, 1.54) is 17.8 Å². The summed E-state index contributed by atoms with van der Waals surface area (Å²) in [4.78, 5) is -0.335. The van der Waals surface area contributed by atoms with Crippen molar-refractivity contribution >= 4 is 10.2 Å². The van der Waals surface area contributed by atoms with Crippen LogP contribution in [0.2, 0.25) is 0 Å². The molecule has 0 spiro atoms. The lowest BCUT2D eigenvalue weighted by Gasteiger charge is -2.02.